The Kier molecular flexibility index (Phi) is 8.36. The minimum absolute atomic E-state index is 0.0413. The Morgan fingerprint density at radius 3 is 2.46 bits per heavy atom. The number of ether oxygens (including phenoxy) is 1. The van der Waals surface area contributed by atoms with E-state index in [0.29, 0.717) is 28.3 Å². The van der Waals surface area contributed by atoms with Crippen molar-refractivity contribution in [2.75, 3.05) is 17.8 Å². The number of nitrogens with one attached hydrogen (secondary N) is 1. The summed E-state index contributed by atoms with van der Waals surface area (Å²) in [4.78, 5) is 29.0. The van der Waals surface area contributed by atoms with Crippen LogP contribution < -0.4 is 25.8 Å². The van der Waals surface area contributed by atoms with Crippen LogP contribution in [0.1, 0.15) is 25.8 Å². The third-order valence-electron chi connectivity index (χ3n) is 6.18. The molecule has 1 heterocycles. The topological polar surface area (TPSA) is 145 Å². The van der Waals surface area contributed by atoms with Gasteiger partial charge in [0.25, 0.3) is 5.91 Å². The number of benzene rings is 3. The summed E-state index contributed by atoms with van der Waals surface area (Å²) < 4.78 is 29.5. The summed E-state index contributed by atoms with van der Waals surface area (Å²) in [6.07, 6.45) is 0.0870. The molecular formula is C28H32N4O5S2. The highest BCUT2D eigenvalue weighted by Crippen LogP contribution is 2.38. The first-order valence-electron chi connectivity index (χ1n) is 12.3. The van der Waals surface area contributed by atoms with E-state index in [1.807, 2.05) is 24.3 Å². The zero-order valence-electron chi connectivity index (χ0n) is 22.0. The van der Waals surface area contributed by atoms with Gasteiger partial charge in [-0.15, -0.1) is 11.8 Å². The van der Waals surface area contributed by atoms with Gasteiger partial charge < -0.3 is 20.7 Å². The lowest BCUT2D eigenvalue weighted by Crippen LogP contribution is -2.51. The molecule has 0 bridgehead atoms. The fraction of sp³-hybridized carbons (Fsp3) is 0.286. The van der Waals surface area contributed by atoms with Crippen molar-refractivity contribution in [1.29, 1.82) is 0 Å². The number of hydrogen-bond donors (Lipinski definition) is 3. The van der Waals surface area contributed by atoms with Gasteiger partial charge in [-0.3, -0.25) is 9.59 Å². The predicted molar refractivity (Wildman–Crippen MR) is 153 cm³/mol. The summed E-state index contributed by atoms with van der Waals surface area (Å²) in [5, 5.41) is 8.27. The molecule has 0 saturated carbocycles. The van der Waals surface area contributed by atoms with E-state index >= 15 is 0 Å². The predicted octanol–water partition coefficient (Wildman–Crippen LogP) is 3.26. The van der Waals surface area contributed by atoms with Gasteiger partial charge in [0.05, 0.1) is 24.2 Å². The van der Waals surface area contributed by atoms with E-state index in [9.17, 15) is 18.0 Å². The molecule has 9 nitrogen and oxygen atoms in total. The fourth-order valence-electron chi connectivity index (χ4n) is 4.36. The summed E-state index contributed by atoms with van der Waals surface area (Å²) in [6, 6.07) is 18.6. The van der Waals surface area contributed by atoms with E-state index in [1.165, 1.54) is 17.8 Å². The maximum atomic E-state index is 13.8. The quantitative estimate of drug-likeness (QED) is 0.378. The number of anilines is 1. The van der Waals surface area contributed by atoms with Crippen LogP contribution in [0.2, 0.25) is 0 Å². The molecule has 2 amide bonds. The number of hydrogen-bond acceptors (Lipinski definition) is 7. The maximum Gasteiger partial charge on any atom is 0.250 e. The van der Waals surface area contributed by atoms with Crippen LogP contribution in [0.15, 0.2) is 76.5 Å². The summed E-state index contributed by atoms with van der Waals surface area (Å²) in [6.45, 7) is 3.76. The van der Waals surface area contributed by atoms with Crippen molar-refractivity contribution in [3.05, 3.63) is 72.3 Å². The van der Waals surface area contributed by atoms with E-state index in [1.54, 1.807) is 62.3 Å². The van der Waals surface area contributed by atoms with Gasteiger partial charge in [0.2, 0.25) is 15.9 Å². The van der Waals surface area contributed by atoms with Gasteiger partial charge in [-0.05, 0) is 49.2 Å². The number of methoxy groups -OCH3 is 1. The molecule has 0 saturated heterocycles. The molecule has 5 N–H and O–H groups in total. The smallest absolute Gasteiger partial charge is 0.250 e. The molecule has 0 radical (unpaired) electrons. The van der Waals surface area contributed by atoms with E-state index < -0.39 is 21.6 Å². The monoisotopic (exact) mass is 568 g/mol. The van der Waals surface area contributed by atoms with Crippen LogP contribution >= 0.6 is 11.8 Å². The first-order valence-corrected chi connectivity index (χ1v) is 14.8. The van der Waals surface area contributed by atoms with Gasteiger partial charge in [-0.1, -0.05) is 42.5 Å². The summed E-state index contributed by atoms with van der Waals surface area (Å²) >= 11 is 1.47. The molecule has 1 aliphatic heterocycles. The number of thioether (sulfide) groups is 1. The van der Waals surface area contributed by atoms with Crippen molar-refractivity contribution in [3.63, 3.8) is 0 Å². The van der Waals surface area contributed by atoms with Crippen molar-refractivity contribution in [3.8, 4) is 16.9 Å². The molecule has 0 unspecified atom stereocenters. The van der Waals surface area contributed by atoms with E-state index in [4.69, 9.17) is 15.6 Å². The highest BCUT2D eigenvalue weighted by atomic mass is 32.2. The van der Waals surface area contributed by atoms with Gasteiger partial charge in [-0.2, -0.15) is 0 Å². The lowest BCUT2D eigenvalue weighted by molar-refractivity contribution is -0.127. The Labute approximate surface area is 232 Å². The SMILES string of the molecule is COc1ccc2c(c1)SC[C@@H](NC(=O)CC(C)(C)N)C(=O)N2Cc1ccc(-c2ccccc2S(N)(=O)=O)cc1. The van der Waals surface area contributed by atoms with E-state index in [0.717, 1.165) is 10.5 Å². The first kappa shape index (κ1) is 28.6. The first-order chi connectivity index (χ1) is 18.4. The Balaban J connectivity index is 1.65. The summed E-state index contributed by atoms with van der Waals surface area (Å²) in [7, 11) is -2.32. The van der Waals surface area contributed by atoms with Crippen molar-refractivity contribution in [1.82, 2.24) is 5.32 Å². The van der Waals surface area contributed by atoms with E-state index in [2.05, 4.69) is 5.32 Å². The highest BCUT2D eigenvalue weighted by molar-refractivity contribution is 7.99. The average Bonchev–Trinajstić information content (AvgIpc) is 2.99. The van der Waals surface area contributed by atoms with Gasteiger partial charge in [0.15, 0.2) is 0 Å². The number of fused-ring (bicyclic) bond motifs is 1. The van der Waals surface area contributed by atoms with Gasteiger partial charge in [0, 0.05) is 28.2 Å². The van der Waals surface area contributed by atoms with Crippen LogP contribution in [0.5, 0.6) is 5.75 Å². The second kappa shape index (κ2) is 11.4. The number of amides is 2. The standard InChI is InChI=1S/C28H32N4O5S2/c1-28(2,29)15-26(33)31-22-17-38-24-14-20(37-3)12-13-23(24)32(27(22)34)16-18-8-10-19(11-9-18)21-6-4-5-7-25(21)39(30,35)36/h4-14,22H,15-17,29H2,1-3H3,(H,31,33)(H2,30,35,36)/t22-/m1/s1. The molecule has 0 spiro atoms. The molecule has 3 aromatic carbocycles. The number of nitrogens with zero attached hydrogens (tertiary/aromatic N) is 1. The number of rotatable bonds is 8. The van der Waals surface area contributed by atoms with Crippen molar-refractivity contribution in [2.45, 2.75) is 48.2 Å². The Morgan fingerprint density at radius 2 is 1.82 bits per heavy atom. The maximum absolute atomic E-state index is 13.8. The van der Waals surface area contributed by atoms with Crippen LogP contribution in [0.25, 0.3) is 11.1 Å². The number of primary sulfonamides is 1. The molecule has 4 rings (SSSR count). The third kappa shape index (κ3) is 6.99. The Morgan fingerprint density at radius 1 is 1.13 bits per heavy atom. The average molecular weight is 569 g/mol. The number of carbonyl (C=O) groups excluding carboxylic acids is 2. The normalized spacial score (nSPS) is 15.9. The van der Waals surface area contributed by atoms with Crippen LogP contribution in [-0.2, 0) is 26.2 Å². The molecule has 39 heavy (non-hydrogen) atoms. The van der Waals surface area contributed by atoms with Crippen molar-refractivity contribution in [2.24, 2.45) is 10.9 Å². The van der Waals surface area contributed by atoms with Crippen LogP contribution in [0.4, 0.5) is 5.69 Å². The fourth-order valence-corrected chi connectivity index (χ4v) is 6.22. The largest absolute Gasteiger partial charge is 0.497 e. The molecule has 1 aliphatic rings. The molecule has 206 valence electrons. The van der Waals surface area contributed by atoms with Crippen molar-refractivity contribution >= 4 is 39.3 Å². The zero-order valence-corrected chi connectivity index (χ0v) is 23.6. The van der Waals surface area contributed by atoms with Crippen LogP contribution in [0.3, 0.4) is 0 Å². The molecule has 0 aliphatic carbocycles. The molecule has 11 heteroatoms. The third-order valence-corrected chi connectivity index (χ3v) is 8.29. The number of nitrogens with two attached hydrogens (primary N) is 2. The van der Waals surface area contributed by atoms with Crippen LogP contribution in [-0.4, -0.2) is 44.7 Å². The lowest BCUT2D eigenvalue weighted by Gasteiger charge is -2.27. The Bertz CT molecular complexity index is 1480. The molecule has 0 fully saturated rings. The van der Waals surface area contributed by atoms with Gasteiger partial charge >= 0.3 is 0 Å². The minimum Gasteiger partial charge on any atom is -0.497 e. The van der Waals surface area contributed by atoms with Crippen molar-refractivity contribution < 1.29 is 22.7 Å². The molecule has 0 aromatic heterocycles. The lowest BCUT2D eigenvalue weighted by atomic mass is 10.0. The van der Waals surface area contributed by atoms with Crippen LogP contribution in [0, 0.1) is 0 Å². The van der Waals surface area contributed by atoms with Gasteiger partial charge in [-0.25, -0.2) is 13.6 Å². The van der Waals surface area contributed by atoms with Gasteiger partial charge in [0.1, 0.15) is 11.8 Å². The molecule has 3 aromatic rings. The number of carbonyl (C=O) groups is 2. The Hall–Kier alpha value is -3.38. The molecule has 1 atom stereocenters. The van der Waals surface area contributed by atoms with E-state index in [-0.39, 0.29) is 29.7 Å². The molecular weight excluding hydrogens is 536 g/mol. The summed E-state index contributed by atoms with van der Waals surface area (Å²) in [5.74, 6) is 0.496. The second-order valence-electron chi connectivity index (χ2n) is 10.1. The zero-order chi connectivity index (χ0) is 28.4. The minimum atomic E-state index is -3.90. The highest BCUT2D eigenvalue weighted by Gasteiger charge is 2.33. The summed E-state index contributed by atoms with van der Waals surface area (Å²) in [5.41, 5.74) is 8.02. The number of sulfonamides is 1. The second-order valence-corrected chi connectivity index (χ2v) is 12.7.